The summed E-state index contributed by atoms with van der Waals surface area (Å²) in [4.78, 5) is 4.54. The lowest BCUT2D eigenvalue weighted by atomic mass is 10.0. The fourth-order valence-electron chi connectivity index (χ4n) is 2.16. The Morgan fingerprint density at radius 2 is 2.38 bits per heavy atom. The van der Waals surface area contributed by atoms with Gasteiger partial charge in [0.25, 0.3) is 0 Å². The van der Waals surface area contributed by atoms with Gasteiger partial charge in [-0.25, -0.2) is 9.37 Å². The first-order valence-corrected chi connectivity index (χ1v) is 6.41. The molecule has 0 amide bonds. The van der Waals surface area contributed by atoms with E-state index in [2.05, 4.69) is 10.3 Å². The Morgan fingerprint density at radius 3 is 3.19 bits per heavy atom. The van der Waals surface area contributed by atoms with Crippen LogP contribution in [-0.2, 0) is 0 Å². The van der Waals surface area contributed by atoms with E-state index in [1.165, 1.54) is 25.0 Å². The summed E-state index contributed by atoms with van der Waals surface area (Å²) in [5, 5.41) is 4.53. The van der Waals surface area contributed by atoms with Gasteiger partial charge in [-0.3, -0.25) is 0 Å². The predicted molar refractivity (Wildman–Crippen MR) is 64.4 cm³/mol. The molecule has 1 aromatic carbocycles. The van der Waals surface area contributed by atoms with Crippen LogP contribution in [0.1, 0.15) is 23.8 Å². The Bertz CT molecular complexity index is 503. The van der Waals surface area contributed by atoms with Gasteiger partial charge in [0, 0.05) is 18.5 Å². The molecule has 4 heteroatoms. The molecule has 0 bridgehead atoms. The molecule has 1 unspecified atom stereocenters. The number of rotatable bonds is 1. The number of thiazole rings is 1. The molecule has 1 saturated heterocycles. The second-order valence-corrected chi connectivity index (χ2v) is 5.27. The lowest BCUT2D eigenvalue weighted by molar-refractivity contribution is 0.461. The van der Waals surface area contributed by atoms with Gasteiger partial charge in [-0.2, -0.15) is 0 Å². The summed E-state index contributed by atoms with van der Waals surface area (Å²) in [5.41, 5.74) is 0.797. The SMILES string of the molecule is Fc1ccc2sc(C3CCCNC3)nc2c1. The van der Waals surface area contributed by atoms with Crippen LogP contribution in [-0.4, -0.2) is 18.1 Å². The van der Waals surface area contributed by atoms with Crippen LogP contribution in [0.3, 0.4) is 0 Å². The first-order valence-electron chi connectivity index (χ1n) is 5.59. The third kappa shape index (κ3) is 1.83. The summed E-state index contributed by atoms with van der Waals surface area (Å²) in [5.74, 6) is 0.306. The van der Waals surface area contributed by atoms with E-state index in [1.807, 2.05) is 6.07 Å². The predicted octanol–water partition coefficient (Wildman–Crippen LogP) is 2.90. The van der Waals surface area contributed by atoms with Crippen molar-refractivity contribution in [3.63, 3.8) is 0 Å². The number of fused-ring (bicyclic) bond motifs is 1. The monoisotopic (exact) mass is 236 g/mol. The molecule has 0 saturated carbocycles. The Hall–Kier alpha value is -1.00. The van der Waals surface area contributed by atoms with Crippen LogP contribution in [0, 0.1) is 5.82 Å². The van der Waals surface area contributed by atoms with Crippen molar-refractivity contribution in [2.75, 3.05) is 13.1 Å². The highest BCUT2D eigenvalue weighted by molar-refractivity contribution is 7.18. The van der Waals surface area contributed by atoms with Crippen LogP contribution in [0.15, 0.2) is 18.2 Å². The van der Waals surface area contributed by atoms with E-state index in [-0.39, 0.29) is 5.82 Å². The molecule has 2 aromatic rings. The van der Waals surface area contributed by atoms with Crippen LogP contribution in [0.25, 0.3) is 10.2 Å². The number of piperidine rings is 1. The van der Waals surface area contributed by atoms with E-state index < -0.39 is 0 Å². The van der Waals surface area contributed by atoms with Crippen molar-refractivity contribution in [3.05, 3.63) is 29.0 Å². The summed E-state index contributed by atoms with van der Waals surface area (Å²) in [7, 11) is 0. The smallest absolute Gasteiger partial charge is 0.125 e. The molecule has 16 heavy (non-hydrogen) atoms. The standard InChI is InChI=1S/C12H13FN2S/c13-9-3-4-11-10(6-9)15-12(16-11)8-2-1-5-14-7-8/h3-4,6,8,14H,1-2,5,7H2. The van der Waals surface area contributed by atoms with Crippen molar-refractivity contribution in [1.29, 1.82) is 0 Å². The molecule has 1 atom stereocenters. The topological polar surface area (TPSA) is 24.9 Å². The zero-order valence-corrected chi connectivity index (χ0v) is 9.69. The van der Waals surface area contributed by atoms with Gasteiger partial charge in [-0.1, -0.05) is 0 Å². The summed E-state index contributed by atoms with van der Waals surface area (Å²) in [6.45, 7) is 2.11. The molecule has 0 aliphatic carbocycles. The molecule has 3 rings (SSSR count). The first kappa shape index (κ1) is 10.2. The van der Waals surface area contributed by atoms with E-state index in [1.54, 1.807) is 11.3 Å². The van der Waals surface area contributed by atoms with E-state index >= 15 is 0 Å². The summed E-state index contributed by atoms with van der Waals surface area (Å²) in [6.07, 6.45) is 2.39. The van der Waals surface area contributed by atoms with Gasteiger partial charge in [0.2, 0.25) is 0 Å². The van der Waals surface area contributed by atoms with Crippen LogP contribution in [0.4, 0.5) is 4.39 Å². The zero-order chi connectivity index (χ0) is 11.0. The van der Waals surface area contributed by atoms with Gasteiger partial charge in [0.05, 0.1) is 15.2 Å². The number of hydrogen-bond acceptors (Lipinski definition) is 3. The van der Waals surface area contributed by atoms with E-state index in [9.17, 15) is 4.39 Å². The third-order valence-corrected chi connectivity index (χ3v) is 4.21. The Labute approximate surface area is 97.5 Å². The average Bonchev–Trinajstić information content (AvgIpc) is 2.73. The second-order valence-electron chi connectivity index (χ2n) is 4.21. The number of aromatic nitrogens is 1. The van der Waals surface area contributed by atoms with E-state index in [0.29, 0.717) is 5.92 Å². The lowest BCUT2D eigenvalue weighted by Crippen LogP contribution is -2.28. The highest BCUT2D eigenvalue weighted by Crippen LogP contribution is 2.31. The second kappa shape index (κ2) is 4.11. The zero-order valence-electron chi connectivity index (χ0n) is 8.87. The molecule has 0 spiro atoms. The maximum Gasteiger partial charge on any atom is 0.125 e. The van der Waals surface area contributed by atoms with Gasteiger partial charge in [0.1, 0.15) is 5.82 Å². The van der Waals surface area contributed by atoms with Gasteiger partial charge < -0.3 is 5.32 Å². The van der Waals surface area contributed by atoms with E-state index in [0.717, 1.165) is 28.3 Å². The summed E-state index contributed by atoms with van der Waals surface area (Å²) in [6, 6.07) is 4.84. The maximum atomic E-state index is 13.0. The molecule has 84 valence electrons. The van der Waals surface area contributed by atoms with Crippen molar-refractivity contribution in [2.24, 2.45) is 0 Å². The molecular formula is C12H13FN2S. The number of hydrogen-bond donors (Lipinski definition) is 1. The molecule has 0 radical (unpaired) electrons. The fourth-order valence-corrected chi connectivity index (χ4v) is 3.24. The normalized spacial score (nSPS) is 21.4. The number of nitrogens with one attached hydrogen (secondary N) is 1. The van der Waals surface area contributed by atoms with Crippen LogP contribution >= 0.6 is 11.3 Å². The van der Waals surface area contributed by atoms with Crippen molar-refractivity contribution < 1.29 is 4.39 Å². The van der Waals surface area contributed by atoms with Gasteiger partial charge >= 0.3 is 0 Å². The Kier molecular flexibility index (Phi) is 2.61. The summed E-state index contributed by atoms with van der Waals surface area (Å²) < 4.78 is 14.1. The highest BCUT2D eigenvalue weighted by Gasteiger charge is 2.18. The number of nitrogens with zero attached hydrogens (tertiary/aromatic N) is 1. The Morgan fingerprint density at radius 1 is 1.44 bits per heavy atom. The largest absolute Gasteiger partial charge is 0.316 e. The molecule has 1 N–H and O–H groups in total. The fraction of sp³-hybridized carbons (Fsp3) is 0.417. The van der Waals surface area contributed by atoms with Crippen molar-refractivity contribution in [2.45, 2.75) is 18.8 Å². The minimum Gasteiger partial charge on any atom is -0.316 e. The van der Waals surface area contributed by atoms with Crippen LogP contribution in [0.2, 0.25) is 0 Å². The van der Waals surface area contributed by atoms with Crippen molar-refractivity contribution in [3.8, 4) is 0 Å². The maximum absolute atomic E-state index is 13.0. The molecule has 1 fully saturated rings. The molecule has 2 nitrogen and oxygen atoms in total. The van der Waals surface area contributed by atoms with E-state index in [4.69, 9.17) is 0 Å². The molecule has 1 aromatic heterocycles. The van der Waals surface area contributed by atoms with Gasteiger partial charge in [-0.05, 0) is 31.5 Å². The van der Waals surface area contributed by atoms with Crippen molar-refractivity contribution in [1.82, 2.24) is 10.3 Å². The minimum atomic E-state index is -0.203. The number of halogens is 1. The van der Waals surface area contributed by atoms with Crippen molar-refractivity contribution >= 4 is 21.6 Å². The molecule has 2 heterocycles. The molecule has 1 aliphatic rings. The number of benzene rings is 1. The quantitative estimate of drug-likeness (QED) is 0.823. The first-order chi connectivity index (χ1) is 7.83. The minimum absolute atomic E-state index is 0.203. The van der Waals surface area contributed by atoms with Crippen LogP contribution < -0.4 is 5.32 Å². The van der Waals surface area contributed by atoms with Gasteiger partial charge in [0.15, 0.2) is 0 Å². The molecular weight excluding hydrogens is 223 g/mol. The van der Waals surface area contributed by atoms with Crippen LogP contribution in [0.5, 0.6) is 0 Å². The molecule has 1 aliphatic heterocycles. The summed E-state index contributed by atoms with van der Waals surface area (Å²) >= 11 is 1.69. The van der Waals surface area contributed by atoms with Gasteiger partial charge in [-0.15, -0.1) is 11.3 Å². The lowest BCUT2D eigenvalue weighted by Gasteiger charge is -2.20. The average molecular weight is 236 g/mol. The third-order valence-electron chi connectivity index (χ3n) is 3.01. The Balaban J connectivity index is 1.97. The highest BCUT2D eigenvalue weighted by atomic mass is 32.1.